The fraction of sp³-hybridized carbons (Fsp3) is 0.375. The highest BCUT2D eigenvalue weighted by Gasteiger charge is 2.12. The predicted octanol–water partition coefficient (Wildman–Crippen LogP) is 5.11. The summed E-state index contributed by atoms with van der Waals surface area (Å²) in [6, 6.07) is 5.51. The van der Waals surface area contributed by atoms with Crippen LogP contribution < -0.4 is 10.6 Å². The summed E-state index contributed by atoms with van der Waals surface area (Å²) in [5.41, 5.74) is 2.04. The molecule has 4 nitrogen and oxygen atoms in total. The third-order valence-electron chi connectivity index (χ3n) is 3.42. The van der Waals surface area contributed by atoms with Crippen molar-refractivity contribution in [2.24, 2.45) is 4.99 Å². The van der Waals surface area contributed by atoms with E-state index in [0.717, 1.165) is 16.3 Å². The van der Waals surface area contributed by atoms with E-state index in [1.165, 1.54) is 4.88 Å². The van der Waals surface area contributed by atoms with E-state index in [4.69, 9.17) is 23.2 Å². The molecule has 1 heterocycles. The van der Waals surface area contributed by atoms with Crippen molar-refractivity contribution >= 4 is 64.5 Å². The maximum absolute atomic E-state index is 6.26. The van der Waals surface area contributed by atoms with Crippen LogP contribution in [0.2, 0.25) is 10.0 Å². The summed E-state index contributed by atoms with van der Waals surface area (Å²) >= 11 is 13.9. The lowest BCUT2D eigenvalue weighted by Gasteiger charge is -2.19. The van der Waals surface area contributed by atoms with Gasteiger partial charge in [-0.1, -0.05) is 29.3 Å². The summed E-state index contributed by atoms with van der Waals surface area (Å²) in [5.74, 6) is 0.717. The molecule has 0 aliphatic heterocycles. The van der Waals surface area contributed by atoms with E-state index >= 15 is 0 Å². The summed E-state index contributed by atoms with van der Waals surface area (Å²) in [4.78, 5) is 9.90. The summed E-state index contributed by atoms with van der Waals surface area (Å²) in [5, 5.41) is 8.99. The number of rotatable bonds is 4. The first-order chi connectivity index (χ1) is 10.9. The van der Waals surface area contributed by atoms with Gasteiger partial charge < -0.3 is 10.6 Å². The fourth-order valence-electron chi connectivity index (χ4n) is 2.23. The van der Waals surface area contributed by atoms with Gasteiger partial charge in [0.25, 0.3) is 0 Å². The Bertz CT molecular complexity index is 718. The zero-order valence-electron chi connectivity index (χ0n) is 14.0. The van der Waals surface area contributed by atoms with Crippen LogP contribution in [0.4, 0.5) is 0 Å². The zero-order chi connectivity index (χ0) is 17.0. The van der Waals surface area contributed by atoms with Crippen LogP contribution in [0.1, 0.15) is 34.1 Å². The van der Waals surface area contributed by atoms with Crippen molar-refractivity contribution < 1.29 is 0 Å². The number of nitrogens with zero attached hydrogens (tertiary/aromatic N) is 2. The van der Waals surface area contributed by atoms with Gasteiger partial charge in [0.2, 0.25) is 0 Å². The van der Waals surface area contributed by atoms with Crippen molar-refractivity contribution in [1.29, 1.82) is 0 Å². The molecule has 0 aliphatic rings. The zero-order valence-corrected chi connectivity index (χ0v) is 18.6. The molecule has 0 saturated heterocycles. The van der Waals surface area contributed by atoms with Gasteiger partial charge in [0.15, 0.2) is 5.96 Å². The average molecular weight is 499 g/mol. The maximum Gasteiger partial charge on any atom is 0.191 e. The second kappa shape index (κ2) is 9.79. The number of nitrogens with one attached hydrogen (secondary N) is 2. The van der Waals surface area contributed by atoms with Crippen molar-refractivity contribution in [3.05, 3.63) is 49.4 Å². The van der Waals surface area contributed by atoms with Gasteiger partial charge in [0.1, 0.15) is 0 Å². The molecule has 2 aromatic rings. The fourth-order valence-corrected chi connectivity index (χ4v) is 3.68. The summed E-state index contributed by atoms with van der Waals surface area (Å²) < 4.78 is 0. The van der Waals surface area contributed by atoms with Crippen molar-refractivity contribution in [3.8, 4) is 0 Å². The molecule has 132 valence electrons. The van der Waals surface area contributed by atoms with Gasteiger partial charge in [-0.3, -0.25) is 4.99 Å². The van der Waals surface area contributed by atoms with Crippen LogP contribution in [-0.2, 0) is 6.54 Å². The van der Waals surface area contributed by atoms with E-state index in [2.05, 4.69) is 20.6 Å². The van der Waals surface area contributed by atoms with Gasteiger partial charge in [-0.05, 0) is 38.5 Å². The topological polar surface area (TPSA) is 49.3 Å². The molecule has 1 atom stereocenters. The Balaban J connectivity index is 0.00000288. The maximum atomic E-state index is 6.26. The van der Waals surface area contributed by atoms with Crippen LogP contribution in [0.3, 0.4) is 0 Å². The molecule has 0 amide bonds. The Morgan fingerprint density at radius 3 is 2.58 bits per heavy atom. The first-order valence-electron chi connectivity index (χ1n) is 7.25. The van der Waals surface area contributed by atoms with E-state index in [9.17, 15) is 0 Å². The van der Waals surface area contributed by atoms with Crippen molar-refractivity contribution in [3.63, 3.8) is 0 Å². The van der Waals surface area contributed by atoms with Gasteiger partial charge in [-0.15, -0.1) is 35.3 Å². The van der Waals surface area contributed by atoms with Crippen molar-refractivity contribution in [2.45, 2.75) is 33.4 Å². The lowest BCUT2D eigenvalue weighted by Crippen LogP contribution is -2.38. The highest BCUT2D eigenvalue weighted by Crippen LogP contribution is 2.26. The Morgan fingerprint density at radius 2 is 2.04 bits per heavy atom. The van der Waals surface area contributed by atoms with Crippen LogP contribution in [0.15, 0.2) is 23.2 Å². The van der Waals surface area contributed by atoms with Crippen molar-refractivity contribution in [2.75, 3.05) is 7.05 Å². The number of aromatic nitrogens is 1. The number of guanidine groups is 1. The molecule has 2 N–H and O–H groups in total. The molecule has 0 fully saturated rings. The molecular formula is C16H21Cl2IN4S. The number of thiazole rings is 1. The lowest BCUT2D eigenvalue weighted by molar-refractivity contribution is 0.686. The molecule has 24 heavy (non-hydrogen) atoms. The quantitative estimate of drug-likeness (QED) is 0.350. The SMILES string of the molecule is CN=C(NCc1sc(C)nc1C)NC(C)c1ccc(Cl)cc1Cl.I. The molecule has 8 heteroatoms. The van der Waals surface area contributed by atoms with Crippen LogP contribution >= 0.6 is 58.5 Å². The summed E-state index contributed by atoms with van der Waals surface area (Å²) in [6.45, 7) is 6.76. The molecule has 0 bridgehead atoms. The van der Waals surface area contributed by atoms with Gasteiger partial charge in [0, 0.05) is 22.0 Å². The second-order valence-electron chi connectivity index (χ2n) is 5.20. The number of halogens is 3. The smallest absolute Gasteiger partial charge is 0.191 e. The molecule has 0 spiro atoms. The highest BCUT2D eigenvalue weighted by atomic mass is 127. The third kappa shape index (κ3) is 5.75. The molecule has 0 aliphatic carbocycles. The van der Waals surface area contributed by atoms with Crippen LogP contribution in [0, 0.1) is 13.8 Å². The largest absolute Gasteiger partial charge is 0.351 e. The van der Waals surface area contributed by atoms with E-state index in [0.29, 0.717) is 22.5 Å². The predicted molar refractivity (Wildman–Crippen MR) is 115 cm³/mol. The molecular weight excluding hydrogens is 478 g/mol. The van der Waals surface area contributed by atoms with Crippen LogP contribution in [0.5, 0.6) is 0 Å². The van der Waals surface area contributed by atoms with E-state index < -0.39 is 0 Å². The molecule has 0 radical (unpaired) electrons. The second-order valence-corrected chi connectivity index (χ2v) is 7.33. The number of benzene rings is 1. The number of hydrogen-bond acceptors (Lipinski definition) is 3. The van der Waals surface area contributed by atoms with Gasteiger partial charge >= 0.3 is 0 Å². The molecule has 0 saturated carbocycles. The summed E-state index contributed by atoms with van der Waals surface area (Å²) in [6.07, 6.45) is 0. The standard InChI is InChI=1S/C16H20Cl2N4S.HI/c1-9(13-6-5-12(17)7-14(13)18)22-16(19-4)20-8-15-10(2)21-11(3)23-15;/h5-7,9H,8H2,1-4H3,(H2,19,20,22);1H. The monoisotopic (exact) mass is 498 g/mol. The first kappa shape index (κ1) is 21.5. The van der Waals surface area contributed by atoms with Gasteiger partial charge in [-0.2, -0.15) is 0 Å². The minimum atomic E-state index is 0. The normalized spacial score (nSPS) is 12.5. The summed E-state index contributed by atoms with van der Waals surface area (Å²) in [7, 11) is 1.75. The van der Waals surface area contributed by atoms with Gasteiger partial charge in [-0.25, -0.2) is 4.98 Å². The van der Waals surface area contributed by atoms with E-state index in [1.807, 2.05) is 32.9 Å². The number of hydrogen-bond donors (Lipinski definition) is 2. The number of aryl methyl sites for hydroxylation is 2. The molecule has 1 aromatic carbocycles. The third-order valence-corrected chi connectivity index (χ3v) is 5.06. The van der Waals surface area contributed by atoms with E-state index in [-0.39, 0.29) is 30.0 Å². The Hall–Kier alpha value is -0.570. The minimum absolute atomic E-state index is 0. The molecule has 1 unspecified atom stereocenters. The van der Waals surface area contributed by atoms with E-state index in [1.54, 1.807) is 24.5 Å². The van der Waals surface area contributed by atoms with Crippen molar-refractivity contribution in [1.82, 2.24) is 15.6 Å². The lowest BCUT2D eigenvalue weighted by atomic mass is 10.1. The van der Waals surface area contributed by atoms with Gasteiger partial charge in [0.05, 0.1) is 23.3 Å². The Morgan fingerprint density at radius 1 is 1.33 bits per heavy atom. The Labute approximate surface area is 174 Å². The van der Waals surface area contributed by atoms with Crippen LogP contribution in [-0.4, -0.2) is 18.0 Å². The average Bonchev–Trinajstić information content (AvgIpc) is 2.81. The number of aliphatic imine (C=N–C) groups is 1. The highest BCUT2D eigenvalue weighted by molar-refractivity contribution is 14.0. The molecule has 1 aromatic heterocycles. The first-order valence-corrected chi connectivity index (χ1v) is 8.83. The van der Waals surface area contributed by atoms with Crippen LogP contribution in [0.25, 0.3) is 0 Å². The molecule has 2 rings (SSSR count). The minimum Gasteiger partial charge on any atom is -0.351 e. The Kier molecular flexibility index (Phi) is 8.76.